The summed E-state index contributed by atoms with van der Waals surface area (Å²) in [6.45, 7) is 2.16. The fourth-order valence-corrected chi connectivity index (χ4v) is 4.07. The highest BCUT2D eigenvalue weighted by atomic mass is 32.2. The molecule has 1 aromatic rings. The lowest BCUT2D eigenvalue weighted by molar-refractivity contribution is -0.384. The van der Waals surface area contributed by atoms with E-state index in [1.54, 1.807) is 12.1 Å². The van der Waals surface area contributed by atoms with Crippen LogP contribution in [-0.4, -0.2) is 39.8 Å². The van der Waals surface area contributed by atoms with Gasteiger partial charge in [-0.05, 0) is 30.6 Å². The van der Waals surface area contributed by atoms with E-state index in [2.05, 4.69) is 6.92 Å². The van der Waals surface area contributed by atoms with E-state index in [1.807, 2.05) is 23.7 Å². The zero-order chi connectivity index (χ0) is 16.1. The third-order valence-corrected chi connectivity index (χ3v) is 5.41. The van der Waals surface area contributed by atoms with Gasteiger partial charge in [0.15, 0.2) is 0 Å². The molecule has 5 nitrogen and oxygen atoms in total. The zero-order valence-corrected chi connectivity index (χ0v) is 13.8. The van der Waals surface area contributed by atoms with E-state index < -0.39 is 4.92 Å². The normalized spacial score (nSPS) is 20.8. The molecule has 22 heavy (non-hydrogen) atoms. The van der Waals surface area contributed by atoms with E-state index >= 15 is 0 Å². The highest BCUT2D eigenvalue weighted by molar-refractivity contribution is 7.99. The molecule has 120 valence electrons. The third kappa shape index (κ3) is 4.22. The van der Waals surface area contributed by atoms with Gasteiger partial charge in [0.2, 0.25) is 5.91 Å². The molecule has 0 heterocycles. The van der Waals surface area contributed by atoms with E-state index in [9.17, 15) is 14.9 Å². The summed E-state index contributed by atoms with van der Waals surface area (Å²) in [5.41, 5.74) is 0.733. The topological polar surface area (TPSA) is 63.5 Å². The number of nitro groups is 1. The van der Waals surface area contributed by atoms with Crippen LogP contribution in [0.25, 0.3) is 0 Å². The van der Waals surface area contributed by atoms with Crippen LogP contribution in [0.4, 0.5) is 5.69 Å². The van der Waals surface area contributed by atoms with E-state index in [1.165, 1.54) is 12.1 Å². The summed E-state index contributed by atoms with van der Waals surface area (Å²) in [6, 6.07) is 6.63. The second-order valence-corrected chi connectivity index (χ2v) is 7.23. The Labute approximate surface area is 135 Å². The third-order valence-electron chi connectivity index (χ3n) is 4.18. The Morgan fingerprint density at radius 3 is 2.91 bits per heavy atom. The number of hydrogen-bond acceptors (Lipinski definition) is 4. The number of benzene rings is 1. The number of nitro benzene ring substituents is 1. The molecular formula is C16H22N2O3S. The molecule has 0 N–H and O–H groups in total. The summed E-state index contributed by atoms with van der Waals surface area (Å²) in [6.07, 6.45) is 3.49. The lowest BCUT2D eigenvalue weighted by Gasteiger charge is -2.24. The van der Waals surface area contributed by atoms with Crippen molar-refractivity contribution in [2.24, 2.45) is 0 Å². The van der Waals surface area contributed by atoms with Crippen LogP contribution in [-0.2, 0) is 11.2 Å². The molecule has 0 bridgehead atoms. The Morgan fingerprint density at radius 2 is 2.23 bits per heavy atom. The summed E-state index contributed by atoms with van der Waals surface area (Å²) in [7, 11) is 1.85. The second-order valence-electron chi connectivity index (χ2n) is 5.65. The van der Waals surface area contributed by atoms with Gasteiger partial charge in [-0.1, -0.05) is 19.1 Å². The van der Waals surface area contributed by atoms with Crippen molar-refractivity contribution in [1.29, 1.82) is 0 Å². The Bertz CT molecular complexity index is 550. The van der Waals surface area contributed by atoms with Crippen molar-refractivity contribution in [3.63, 3.8) is 0 Å². The molecule has 1 aliphatic carbocycles. The number of hydrogen-bond donors (Lipinski definition) is 0. The van der Waals surface area contributed by atoms with Crippen LogP contribution in [0.15, 0.2) is 24.3 Å². The highest BCUT2D eigenvalue weighted by Gasteiger charge is 2.29. The van der Waals surface area contributed by atoms with Gasteiger partial charge in [-0.3, -0.25) is 14.9 Å². The van der Waals surface area contributed by atoms with Gasteiger partial charge >= 0.3 is 0 Å². The molecule has 1 aromatic carbocycles. The fraction of sp³-hybridized carbons (Fsp3) is 0.562. The Balaban J connectivity index is 1.94. The van der Waals surface area contributed by atoms with E-state index in [0.717, 1.165) is 25.0 Å². The first kappa shape index (κ1) is 16.8. The van der Waals surface area contributed by atoms with Gasteiger partial charge in [0.25, 0.3) is 5.69 Å². The Kier molecular flexibility index (Phi) is 5.83. The standard InChI is InChI=1S/C16H22N2O3S/c1-3-22-15-8-7-13(11-15)17(2)16(19)10-12-5-4-6-14(9-12)18(20)21/h4-6,9,13,15H,3,7-8,10-11H2,1-2H3/t13-,15+/m1/s1. The van der Waals surface area contributed by atoms with Crippen molar-refractivity contribution in [3.8, 4) is 0 Å². The number of carbonyl (C=O) groups excluding carboxylic acids is 1. The molecule has 0 radical (unpaired) electrons. The van der Waals surface area contributed by atoms with Crippen molar-refractivity contribution in [1.82, 2.24) is 4.90 Å². The van der Waals surface area contributed by atoms with Crippen molar-refractivity contribution in [2.45, 2.75) is 43.9 Å². The molecule has 1 amide bonds. The lowest BCUT2D eigenvalue weighted by atomic mass is 10.1. The summed E-state index contributed by atoms with van der Waals surface area (Å²) >= 11 is 1.97. The maximum absolute atomic E-state index is 12.4. The summed E-state index contributed by atoms with van der Waals surface area (Å²) < 4.78 is 0. The maximum atomic E-state index is 12.4. The monoisotopic (exact) mass is 322 g/mol. The van der Waals surface area contributed by atoms with Crippen molar-refractivity contribution >= 4 is 23.4 Å². The predicted octanol–water partition coefficient (Wildman–Crippen LogP) is 3.27. The molecule has 6 heteroatoms. The predicted molar refractivity (Wildman–Crippen MR) is 89.1 cm³/mol. The molecule has 2 rings (SSSR count). The largest absolute Gasteiger partial charge is 0.342 e. The second kappa shape index (κ2) is 7.63. The lowest BCUT2D eigenvalue weighted by Crippen LogP contribution is -2.36. The smallest absolute Gasteiger partial charge is 0.269 e. The van der Waals surface area contributed by atoms with Gasteiger partial charge in [-0.25, -0.2) is 0 Å². The molecule has 0 saturated heterocycles. The SMILES string of the molecule is CCS[C@H]1CC[C@@H](N(C)C(=O)Cc2cccc([N+](=O)[O-])c2)C1. The van der Waals surface area contributed by atoms with Crippen LogP contribution < -0.4 is 0 Å². The molecule has 2 atom stereocenters. The molecule has 1 aliphatic rings. The minimum Gasteiger partial charge on any atom is -0.342 e. The average molecular weight is 322 g/mol. The maximum Gasteiger partial charge on any atom is 0.269 e. The first-order chi connectivity index (χ1) is 10.5. The molecule has 0 aromatic heterocycles. The van der Waals surface area contributed by atoms with E-state index in [-0.39, 0.29) is 18.0 Å². The van der Waals surface area contributed by atoms with Crippen LogP contribution in [0.3, 0.4) is 0 Å². The first-order valence-corrected chi connectivity index (χ1v) is 8.66. The van der Waals surface area contributed by atoms with Gasteiger partial charge < -0.3 is 4.90 Å². The van der Waals surface area contributed by atoms with Gasteiger partial charge in [0.1, 0.15) is 0 Å². The number of amides is 1. The van der Waals surface area contributed by atoms with Gasteiger partial charge in [-0.2, -0.15) is 11.8 Å². The number of non-ortho nitro benzene ring substituents is 1. The number of likely N-dealkylation sites (N-methyl/N-ethyl adjacent to an activating group) is 1. The minimum absolute atomic E-state index is 0.0349. The van der Waals surface area contributed by atoms with Crippen molar-refractivity contribution in [2.75, 3.05) is 12.8 Å². The number of thioether (sulfide) groups is 1. The fourth-order valence-electron chi connectivity index (χ4n) is 2.94. The number of nitrogens with zero attached hydrogens (tertiary/aromatic N) is 2. The number of rotatable bonds is 6. The molecule has 0 unspecified atom stereocenters. The van der Waals surface area contributed by atoms with Crippen LogP contribution in [0.5, 0.6) is 0 Å². The Morgan fingerprint density at radius 1 is 1.45 bits per heavy atom. The van der Waals surface area contributed by atoms with E-state index in [0.29, 0.717) is 16.9 Å². The van der Waals surface area contributed by atoms with Crippen LogP contribution in [0, 0.1) is 10.1 Å². The molecular weight excluding hydrogens is 300 g/mol. The highest BCUT2D eigenvalue weighted by Crippen LogP contribution is 2.32. The average Bonchev–Trinajstić information content (AvgIpc) is 2.95. The first-order valence-electron chi connectivity index (χ1n) is 7.61. The van der Waals surface area contributed by atoms with Gasteiger partial charge in [0.05, 0.1) is 11.3 Å². The Hall–Kier alpha value is -1.56. The summed E-state index contributed by atoms with van der Waals surface area (Å²) in [5.74, 6) is 1.15. The molecule has 0 aliphatic heterocycles. The molecule has 1 saturated carbocycles. The van der Waals surface area contributed by atoms with Crippen molar-refractivity contribution < 1.29 is 9.72 Å². The molecule has 1 fully saturated rings. The van der Waals surface area contributed by atoms with Gasteiger partial charge in [0, 0.05) is 30.5 Å². The van der Waals surface area contributed by atoms with Crippen LogP contribution >= 0.6 is 11.8 Å². The van der Waals surface area contributed by atoms with E-state index in [4.69, 9.17) is 0 Å². The van der Waals surface area contributed by atoms with Crippen molar-refractivity contribution in [3.05, 3.63) is 39.9 Å². The zero-order valence-electron chi connectivity index (χ0n) is 13.0. The quantitative estimate of drug-likeness (QED) is 0.595. The molecule has 0 spiro atoms. The number of carbonyl (C=O) groups is 1. The van der Waals surface area contributed by atoms with Crippen LogP contribution in [0.2, 0.25) is 0 Å². The van der Waals surface area contributed by atoms with Gasteiger partial charge in [-0.15, -0.1) is 0 Å². The van der Waals surface area contributed by atoms with Crippen LogP contribution in [0.1, 0.15) is 31.7 Å². The summed E-state index contributed by atoms with van der Waals surface area (Å²) in [4.78, 5) is 24.6. The summed E-state index contributed by atoms with van der Waals surface area (Å²) in [5, 5.41) is 11.4. The minimum atomic E-state index is -0.429.